The first-order valence-electron chi connectivity index (χ1n) is 11.3. The van der Waals surface area contributed by atoms with Crippen molar-refractivity contribution in [3.63, 3.8) is 0 Å². The molecule has 0 fully saturated rings. The number of para-hydroxylation sites is 1. The van der Waals surface area contributed by atoms with Gasteiger partial charge >= 0.3 is 5.97 Å². The number of carbonyl (C=O) groups is 2. The first-order chi connectivity index (χ1) is 15.8. The number of esters is 1. The van der Waals surface area contributed by atoms with E-state index < -0.39 is 12.0 Å². The molecule has 0 spiro atoms. The minimum absolute atomic E-state index is 0.0188. The lowest BCUT2D eigenvalue weighted by Gasteiger charge is -2.30. The van der Waals surface area contributed by atoms with Crippen LogP contribution in [0.3, 0.4) is 0 Å². The molecule has 0 radical (unpaired) electrons. The zero-order chi connectivity index (χ0) is 24.1. The first kappa shape index (κ1) is 24.2. The first-order valence-corrected chi connectivity index (χ1v) is 11.3. The van der Waals surface area contributed by atoms with Gasteiger partial charge in [0.1, 0.15) is 5.82 Å². The molecule has 1 unspecified atom stereocenters. The highest BCUT2D eigenvalue weighted by Gasteiger charge is 2.26. The van der Waals surface area contributed by atoms with E-state index in [0.717, 1.165) is 16.8 Å². The summed E-state index contributed by atoms with van der Waals surface area (Å²) in [4.78, 5) is 44.8. The molecule has 3 rings (SSSR count). The third-order valence-electron chi connectivity index (χ3n) is 5.75. The molecule has 7 heteroatoms. The van der Waals surface area contributed by atoms with Gasteiger partial charge in [0.05, 0.1) is 35.7 Å². The second-order valence-electron chi connectivity index (χ2n) is 8.08. The topological polar surface area (TPSA) is 81.5 Å². The van der Waals surface area contributed by atoms with Crippen molar-refractivity contribution in [2.45, 2.75) is 53.5 Å². The monoisotopic (exact) mass is 449 g/mol. The molecule has 0 aliphatic heterocycles. The van der Waals surface area contributed by atoms with Crippen molar-refractivity contribution in [1.29, 1.82) is 0 Å². The van der Waals surface area contributed by atoms with Crippen molar-refractivity contribution in [3.05, 3.63) is 69.8 Å². The summed E-state index contributed by atoms with van der Waals surface area (Å²) in [5.41, 5.74) is 3.18. The molecule has 33 heavy (non-hydrogen) atoms. The van der Waals surface area contributed by atoms with Gasteiger partial charge in [0.25, 0.3) is 5.56 Å². The number of nitrogens with zero attached hydrogens (tertiary/aromatic N) is 3. The Balaban J connectivity index is 2.11. The van der Waals surface area contributed by atoms with E-state index in [4.69, 9.17) is 9.72 Å². The molecule has 0 N–H and O–H groups in total. The Bertz CT molecular complexity index is 1230. The second kappa shape index (κ2) is 10.4. The highest BCUT2D eigenvalue weighted by molar-refractivity contribution is 5.82. The minimum atomic E-state index is -0.484. The number of rotatable bonds is 8. The molecule has 0 saturated carbocycles. The fourth-order valence-corrected chi connectivity index (χ4v) is 4.11. The Morgan fingerprint density at radius 3 is 2.48 bits per heavy atom. The molecule has 0 bridgehead atoms. The highest BCUT2D eigenvalue weighted by atomic mass is 16.5. The van der Waals surface area contributed by atoms with Crippen LogP contribution in [0, 0.1) is 13.8 Å². The van der Waals surface area contributed by atoms with Crippen LogP contribution in [-0.4, -0.2) is 39.5 Å². The number of carbonyl (C=O) groups excluding carboxylic acids is 2. The minimum Gasteiger partial charge on any atom is -0.466 e. The van der Waals surface area contributed by atoms with Gasteiger partial charge in [-0.2, -0.15) is 0 Å². The highest BCUT2D eigenvalue weighted by Crippen LogP contribution is 2.25. The van der Waals surface area contributed by atoms with Crippen LogP contribution < -0.4 is 5.56 Å². The third kappa shape index (κ3) is 5.13. The van der Waals surface area contributed by atoms with Crippen LogP contribution in [-0.2, 0) is 14.3 Å². The molecule has 1 atom stereocenters. The fraction of sp³-hybridized carbons (Fsp3) is 0.385. The molecule has 1 amide bonds. The third-order valence-corrected chi connectivity index (χ3v) is 5.75. The van der Waals surface area contributed by atoms with E-state index in [9.17, 15) is 14.4 Å². The van der Waals surface area contributed by atoms with Crippen molar-refractivity contribution >= 4 is 22.8 Å². The number of fused-ring (bicyclic) bond motifs is 1. The summed E-state index contributed by atoms with van der Waals surface area (Å²) >= 11 is 0. The number of aromatic nitrogens is 2. The van der Waals surface area contributed by atoms with Gasteiger partial charge in [0.2, 0.25) is 5.91 Å². The summed E-state index contributed by atoms with van der Waals surface area (Å²) in [5, 5.41) is 0.519. The predicted octanol–water partition coefficient (Wildman–Crippen LogP) is 4.26. The maximum Gasteiger partial charge on any atom is 0.306 e. The molecule has 1 heterocycles. The van der Waals surface area contributed by atoms with Gasteiger partial charge in [-0.05, 0) is 58.4 Å². The quantitative estimate of drug-likeness (QED) is 0.480. The van der Waals surface area contributed by atoms with Crippen LogP contribution in [0.2, 0.25) is 0 Å². The van der Waals surface area contributed by atoms with Crippen LogP contribution in [0.25, 0.3) is 16.6 Å². The van der Waals surface area contributed by atoms with Gasteiger partial charge in [0.15, 0.2) is 0 Å². The lowest BCUT2D eigenvalue weighted by Crippen LogP contribution is -2.37. The Labute approximate surface area is 194 Å². The largest absolute Gasteiger partial charge is 0.466 e. The Hall–Kier alpha value is -3.48. The van der Waals surface area contributed by atoms with E-state index in [1.807, 2.05) is 58.0 Å². The summed E-state index contributed by atoms with van der Waals surface area (Å²) < 4.78 is 6.56. The summed E-state index contributed by atoms with van der Waals surface area (Å²) in [7, 11) is 0. The SMILES string of the molecule is CCOC(=O)CCC(=O)N(CC)C(C)c1nc2ccccc2c(=O)n1-c1ccc(C)cc1C. The summed E-state index contributed by atoms with van der Waals surface area (Å²) in [5.74, 6) is -0.102. The number of ether oxygens (including phenoxy) is 1. The lowest BCUT2D eigenvalue weighted by atomic mass is 10.1. The van der Waals surface area contributed by atoms with E-state index in [1.165, 1.54) is 0 Å². The maximum atomic E-state index is 13.6. The van der Waals surface area contributed by atoms with Crippen molar-refractivity contribution in [2.24, 2.45) is 0 Å². The van der Waals surface area contributed by atoms with E-state index in [1.54, 1.807) is 28.5 Å². The van der Waals surface area contributed by atoms with E-state index in [2.05, 4.69) is 0 Å². The molecule has 1 aromatic heterocycles. The molecule has 7 nitrogen and oxygen atoms in total. The van der Waals surface area contributed by atoms with Crippen LogP contribution in [0.4, 0.5) is 0 Å². The normalized spacial score (nSPS) is 11.9. The maximum absolute atomic E-state index is 13.6. The molecular formula is C26H31N3O4. The fourth-order valence-electron chi connectivity index (χ4n) is 4.11. The van der Waals surface area contributed by atoms with Crippen molar-refractivity contribution in [3.8, 4) is 5.69 Å². The zero-order valence-electron chi connectivity index (χ0n) is 19.9. The Kier molecular flexibility index (Phi) is 7.63. The average molecular weight is 450 g/mol. The van der Waals surface area contributed by atoms with Crippen molar-refractivity contribution < 1.29 is 14.3 Å². The Morgan fingerprint density at radius 2 is 1.82 bits per heavy atom. The molecule has 174 valence electrons. The number of benzene rings is 2. The van der Waals surface area contributed by atoms with E-state index in [-0.39, 0.29) is 30.9 Å². The van der Waals surface area contributed by atoms with Gasteiger partial charge < -0.3 is 9.64 Å². The van der Waals surface area contributed by atoms with Crippen LogP contribution >= 0.6 is 0 Å². The predicted molar refractivity (Wildman–Crippen MR) is 128 cm³/mol. The summed E-state index contributed by atoms with van der Waals surface area (Å²) in [6.07, 6.45) is 0.0588. The van der Waals surface area contributed by atoms with Gasteiger partial charge in [-0.15, -0.1) is 0 Å². The Morgan fingerprint density at radius 1 is 1.09 bits per heavy atom. The summed E-state index contributed by atoms with van der Waals surface area (Å²) in [6.45, 7) is 10.1. The van der Waals surface area contributed by atoms with Crippen molar-refractivity contribution in [2.75, 3.05) is 13.2 Å². The average Bonchev–Trinajstić information content (AvgIpc) is 2.79. The molecule has 0 aliphatic rings. The second-order valence-corrected chi connectivity index (χ2v) is 8.08. The van der Waals surface area contributed by atoms with Crippen LogP contribution in [0.15, 0.2) is 47.3 Å². The smallest absolute Gasteiger partial charge is 0.306 e. The van der Waals surface area contributed by atoms with Gasteiger partial charge in [0, 0.05) is 13.0 Å². The van der Waals surface area contributed by atoms with Gasteiger partial charge in [-0.25, -0.2) is 4.98 Å². The van der Waals surface area contributed by atoms with Gasteiger partial charge in [-0.1, -0.05) is 29.8 Å². The van der Waals surface area contributed by atoms with Crippen LogP contribution in [0.5, 0.6) is 0 Å². The molecular weight excluding hydrogens is 418 g/mol. The number of aryl methyl sites for hydroxylation is 2. The number of amides is 1. The standard InChI is InChI=1S/C26H31N3O4/c1-6-28(23(30)14-15-24(31)33-7-2)19(5)25-27-21-11-9-8-10-20(21)26(32)29(25)22-13-12-17(3)16-18(22)4/h8-13,16,19H,6-7,14-15H2,1-5H3. The van der Waals surface area contributed by atoms with Gasteiger partial charge in [-0.3, -0.25) is 19.0 Å². The molecule has 2 aromatic carbocycles. The number of hydrogen-bond acceptors (Lipinski definition) is 5. The van der Waals surface area contributed by atoms with E-state index in [0.29, 0.717) is 23.3 Å². The summed E-state index contributed by atoms with van der Waals surface area (Å²) in [6, 6.07) is 12.6. The van der Waals surface area contributed by atoms with Crippen molar-refractivity contribution in [1.82, 2.24) is 14.5 Å². The van der Waals surface area contributed by atoms with E-state index >= 15 is 0 Å². The molecule has 0 aliphatic carbocycles. The zero-order valence-corrected chi connectivity index (χ0v) is 19.9. The molecule has 0 saturated heterocycles. The molecule has 3 aromatic rings. The lowest BCUT2D eigenvalue weighted by molar-refractivity contribution is -0.146. The van der Waals surface area contributed by atoms with Crippen LogP contribution in [0.1, 0.15) is 56.6 Å². The number of hydrogen-bond donors (Lipinski definition) is 0.